The van der Waals surface area contributed by atoms with Gasteiger partial charge in [0.2, 0.25) is 5.90 Å². The van der Waals surface area contributed by atoms with Gasteiger partial charge >= 0.3 is 5.97 Å². The Kier molecular flexibility index (Phi) is 3.23. The van der Waals surface area contributed by atoms with Gasteiger partial charge in [-0.15, -0.1) is 0 Å². The van der Waals surface area contributed by atoms with Crippen molar-refractivity contribution in [3.8, 4) is 0 Å². The van der Waals surface area contributed by atoms with Crippen molar-refractivity contribution < 1.29 is 9.53 Å². The van der Waals surface area contributed by atoms with Gasteiger partial charge in [-0.05, 0) is 31.2 Å². The first-order valence-electron chi connectivity index (χ1n) is 7.26. The van der Waals surface area contributed by atoms with E-state index in [0.717, 1.165) is 26.7 Å². The molecule has 2 aromatic rings. The Morgan fingerprint density at radius 1 is 1.09 bits per heavy atom. The lowest BCUT2D eigenvalue weighted by atomic mass is 10.1. The van der Waals surface area contributed by atoms with Gasteiger partial charge in [0.25, 0.3) is 0 Å². The Hall–Kier alpha value is -2.53. The van der Waals surface area contributed by atoms with E-state index in [1.54, 1.807) is 11.8 Å². The van der Waals surface area contributed by atoms with Crippen molar-refractivity contribution in [1.82, 2.24) is 0 Å². The molecule has 5 heteroatoms. The first-order chi connectivity index (χ1) is 11.1. The van der Waals surface area contributed by atoms with E-state index in [4.69, 9.17) is 4.74 Å². The molecular formula is C18H14N2O2S. The van der Waals surface area contributed by atoms with Gasteiger partial charge < -0.3 is 9.64 Å². The van der Waals surface area contributed by atoms with E-state index in [0.29, 0.717) is 11.6 Å². The van der Waals surface area contributed by atoms with Crippen LogP contribution in [0.3, 0.4) is 0 Å². The Bertz CT molecular complexity index is 869. The molecule has 2 aliphatic heterocycles. The molecule has 0 fully saturated rings. The van der Waals surface area contributed by atoms with Gasteiger partial charge in [-0.3, -0.25) is 0 Å². The van der Waals surface area contributed by atoms with Crippen molar-refractivity contribution >= 4 is 29.3 Å². The quantitative estimate of drug-likeness (QED) is 0.593. The molecule has 0 aliphatic carbocycles. The van der Waals surface area contributed by atoms with Crippen LogP contribution >= 0.6 is 11.8 Å². The molecule has 0 saturated heterocycles. The highest BCUT2D eigenvalue weighted by molar-refractivity contribution is 8.03. The third-order valence-corrected chi connectivity index (χ3v) is 5.06. The predicted molar refractivity (Wildman–Crippen MR) is 91.5 cm³/mol. The largest absolute Gasteiger partial charge is 0.402 e. The highest BCUT2D eigenvalue weighted by atomic mass is 32.2. The third-order valence-electron chi connectivity index (χ3n) is 3.84. The average Bonchev–Trinajstić information content (AvgIpc) is 3.09. The van der Waals surface area contributed by atoms with Gasteiger partial charge in [0, 0.05) is 17.5 Å². The molecule has 0 N–H and O–H groups in total. The van der Waals surface area contributed by atoms with E-state index in [9.17, 15) is 4.79 Å². The van der Waals surface area contributed by atoms with Crippen LogP contribution in [0.5, 0.6) is 0 Å². The molecule has 114 valence electrons. The average molecular weight is 322 g/mol. The fourth-order valence-electron chi connectivity index (χ4n) is 2.57. The number of hydrogen-bond acceptors (Lipinski definition) is 5. The Morgan fingerprint density at radius 2 is 1.83 bits per heavy atom. The van der Waals surface area contributed by atoms with Crippen LogP contribution in [-0.2, 0) is 9.53 Å². The first-order valence-corrected chi connectivity index (χ1v) is 8.08. The zero-order valence-corrected chi connectivity index (χ0v) is 13.6. The first kappa shape index (κ1) is 14.1. The Morgan fingerprint density at radius 3 is 2.57 bits per heavy atom. The molecule has 23 heavy (non-hydrogen) atoms. The standard InChI is InChI=1S/C18H14N2O2S/c1-11-7-9-12(10-8-11)16-19-15(18(21)22-16)17-20(2)13-5-3-4-6-14(13)23-17/h3-10H,1-2H3/b17-15-. The number of anilines is 1. The fraction of sp³-hybridized carbons (Fsp3) is 0.111. The number of hydrogen-bond donors (Lipinski definition) is 0. The number of esters is 1. The lowest BCUT2D eigenvalue weighted by Gasteiger charge is -2.13. The molecule has 0 spiro atoms. The highest BCUT2D eigenvalue weighted by Gasteiger charge is 2.33. The van der Waals surface area contributed by atoms with Crippen LogP contribution in [0.4, 0.5) is 5.69 Å². The second kappa shape index (κ2) is 5.28. The minimum absolute atomic E-state index is 0.363. The maximum atomic E-state index is 12.3. The lowest BCUT2D eigenvalue weighted by Crippen LogP contribution is -2.14. The molecule has 2 heterocycles. The summed E-state index contributed by atoms with van der Waals surface area (Å²) >= 11 is 1.54. The molecule has 4 rings (SSSR count). The predicted octanol–water partition coefficient (Wildman–Crippen LogP) is 3.71. The summed E-state index contributed by atoms with van der Waals surface area (Å²) in [5, 5.41) is 0.804. The van der Waals surface area contributed by atoms with E-state index in [-0.39, 0.29) is 0 Å². The van der Waals surface area contributed by atoms with Gasteiger partial charge in [0.15, 0.2) is 5.70 Å². The minimum Gasteiger partial charge on any atom is -0.402 e. The van der Waals surface area contributed by atoms with E-state index in [1.807, 2.05) is 67.4 Å². The van der Waals surface area contributed by atoms with Crippen LogP contribution in [0.2, 0.25) is 0 Å². The van der Waals surface area contributed by atoms with Crippen molar-refractivity contribution in [1.29, 1.82) is 0 Å². The number of aliphatic imine (C=N–C) groups is 1. The highest BCUT2D eigenvalue weighted by Crippen LogP contribution is 2.46. The number of benzene rings is 2. The maximum Gasteiger partial charge on any atom is 0.366 e. The van der Waals surface area contributed by atoms with Crippen molar-refractivity contribution in [3.63, 3.8) is 0 Å². The van der Waals surface area contributed by atoms with Gasteiger partial charge in [-0.2, -0.15) is 0 Å². The van der Waals surface area contributed by atoms with Crippen LogP contribution in [0.15, 0.2) is 69.1 Å². The molecule has 2 aromatic carbocycles. The SMILES string of the molecule is Cc1ccc(C2=N/C(=C3\Sc4ccccc4N3C)C(=O)O2)cc1. The second-order valence-corrected chi connectivity index (χ2v) is 6.49. The Labute approximate surface area is 138 Å². The van der Waals surface area contributed by atoms with E-state index >= 15 is 0 Å². The summed E-state index contributed by atoms with van der Waals surface area (Å²) in [5.41, 5.74) is 3.40. The van der Waals surface area contributed by atoms with E-state index < -0.39 is 5.97 Å². The van der Waals surface area contributed by atoms with Crippen LogP contribution in [0.25, 0.3) is 0 Å². The second-order valence-electron chi connectivity index (χ2n) is 5.46. The number of carbonyl (C=O) groups is 1. The van der Waals surface area contributed by atoms with Gasteiger partial charge in [0.1, 0.15) is 5.03 Å². The number of ether oxygens (including phenoxy) is 1. The smallest absolute Gasteiger partial charge is 0.366 e. The zero-order chi connectivity index (χ0) is 16.0. The summed E-state index contributed by atoms with van der Waals surface area (Å²) in [5.74, 6) is -0.0369. The van der Waals surface area contributed by atoms with E-state index in [1.165, 1.54) is 0 Å². The number of thioether (sulfide) groups is 1. The number of para-hydroxylation sites is 1. The normalized spacial score (nSPS) is 19.7. The minimum atomic E-state index is -0.400. The maximum absolute atomic E-state index is 12.3. The molecule has 0 radical (unpaired) electrons. The van der Waals surface area contributed by atoms with Gasteiger partial charge in [-0.1, -0.05) is 41.6 Å². The van der Waals surface area contributed by atoms with Crippen LogP contribution in [0.1, 0.15) is 11.1 Å². The monoisotopic (exact) mass is 322 g/mol. The summed E-state index contributed by atoms with van der Waals surface area (Å²) in [6, 6.07) is 15.8. The fourth-order valence-corrected chi connectivity index (χ4v) is 3.70. The molecule has 0 unspecified atom stereocenters. The number of fused-ring (bicyclic) bond motifs is 1. The van der Waals surface area contributed by atoms with Gasteiger partial charge in [-0.25, -0.2) is 9.79 Å². The van der Waals surface area contributed by atoms with Crippen molar-refractivity contribution in [2.24, 2.45) is 4.99 Å². The summed E-state index contributed by atoms with van der Waals surface area (Å²) < 4.78 is 5.37. The molecule has 0 aromatic heterocycles. The number of cyclic esters (lactones) is 1. The molecule has 0 bridgehead atoms. The Balaban J connectivity index is 1.75. The third kappa shape index (κ3) is 2.33. The van der Waals surface area contributed by atoms with Crippen molar-refractivity contribution in [2.75, 3.05) is 11.9 Å². The number of carbonyl (C=O) groups excluding carboxylic acids is 1. The molecule has 2 aliphatic rings. The molecule has 0 saturated carbocycles. The van der Waals surface area contributed by atoms with Gasteiger partial charge in [0.05, 0.1) is 5.69 Å². The van der Waals surface area contributed by atoms with Crippen LogP contribution in [-0.4, -0.2) is 18.9 Å². The van der Waals surface area contributed by atoms with Crippen LogP contribution in [0, 0.1) is 6.92 Å². The number of rotatable bonds is 1. The molecule has 0 atom stereocenters. The summed E-state index contributed by atoms with van der Waals surface area (Å²) in [4.78, 5) is 19.8. The number of aryl methyl sites for hydroxylation is 1. The topological polar surface area (TPSA) is 41.9 Å². The summed E-state index contributed by atoms with van der Waals surface area (Å²) in [6.45, 7) is 2.01. The van der Waals surface area contributed by atoms with Crippen molar-refractivity contribution in [3.05, 3.63) is 70.4 Å². The molecule has 0 amide bonds. The number of nitrogens with zero attached hydrogens (tertiary/aromatic N) is 2. The summed E-state index contributed by atoms with van der Waals surface area (Å²) in [7, 11) is 1.94. The lowest BCUT2D eigenvalue weighted by molar-refractivity contribution is -0.130. The van der Waals surface area contributed by atoms with Crippen molar-refractivity contribution in [2.45, 2.75) is 11.8 Å². The van der Waals surface area contributed by atoms with Crippen LogP contribution < -0.4 is 4.90 Å². The zero-order valence-electron chi connectivity index (χ0n) is 12.7. The molecule has 4 nitrogen and oxygen atoms in total. The van der Waals surface area contributed by atoms with E-state index in [2.05, 4.69) is 4.99 Å². The summed E-state index contributed by atoms with van der Waals surface area (Å²) in [6.07, 6.45) is 0. The molecular weight excluding hydrogens is 308 g/mol.